The Bertz CT molecular complexity index is 1500. The van der Waals surface area contributed by atoms with Gasteiger partial charge in [0.1, 0.15) is 11.8 Å². The molecule has 198 valence electrons. The molecular formula is C29H35N7O2. The summed E-state index contributed by atoms with van der Waals surface area (Å²) in [5.41, 5.74) is 5.23. The minimum absolute atomic E-state index is 0.117. The summed E-state index contributed by atoms with van der Waals surface area (Å²) in [5, 5.41) is 14.0. The summed E-state index contributed by atoms with van der Waals surface area (Å²) >= 11 is 0. The molecule has 2 aromatic heterocycles. The Labute approximate surface area is 222 Å². The summed E-state index contributed by atoms with van der Waals surface area (Å²) < 4.78 is 7.36. The molecule has 9 heteroatoms. The van der Waals surface area contributed by atoms with Crippen molar-refractivity contribution in [3.05, 3.63) is 75.3 Å². The zero-order valence-corrected chi connectivity index (χ0v) is 22.4. The fraction of sp³-hybridized carbons (Fsp3) is 0.448. The first-order chi connectivity index (χ1) is 18.5. The van der Waals surface area contributed by atoms with Gasteiger partial charge in [0.05, 0.1) is 18.7 Å². The van der Waals surface area contributed by atoms with Crippen molar-refractivity contribution in [2.75, 3.05) is 38.2 Å². The summed E-state index contributed by atoms with van der Waals surface area (Å²) in [7, 11) is 1.63. The van der Waals surface area contributed by atoms with E-state index in [1.807, 2.05) is 28.9 Å². The van der Waals surface area contributed by atoms with Crippen LogP contribution >= 0.6 is 0 Å². The highest BCUT2D eigenvalue weighted by Crippen LogP contribution is 2.35. The fourth-order valence-electron chi connectivity index (χ4n) is 6.11. The van der Waals surface area contributed by atoms with Crippen LogP contribution in [0.25, 0.3) is 10.9 Å². The number of piperazine rings is 1. The molecule has 1 aliphatic carbocycles. The first-order valence-corrected chi connectivity index (χ1v) is 13.6. The third-order valence-corrected chi connectivity index (χ3v) is 8.41. The van der Waals surface area contributed by atoms with E-state index in [9.17, 15) is 4.79 Å². The second kappa shape index (κ2) is 10.2. The van der Waals surface area contributed by atoms with Crippen molar-refractivity contribution in [3.8, 4) is 5.75 Å². The molecule has 0 spiro atoms. The molecule has 1 atom stereocenters. The maximum Gasteiger partial charge on any atom is 0.253 e. The number of aromatic nitrogens is 5. The maximum atomic E-state index is 13.6. The number of nitrogens with zero attached hydrogens (tertiary/aromatic N) is 6. The number of pyridine rings is 1. The van der Waals surface area contributed by atoms with Crippen molar-refractivity contribution in [1.82, 2.24) is 30.1 Å². The molecule has 1 N–H and O–H groups in total. The van der Waals surface area contributed by atoms with Crippen LogP contribution in [0.4, 0.5) is 5.69 Å². The van der Waals surface area contributed by atoms with E-state index >= 15 is 0 Å². The van der Waals surface area contributed by atoms with E-state index in [0.717, 1.165) is 55.7 Å². The summed E-state index contributed by atoms with van der Waals surface area (Å²) in [6.07, 6.45) is 4.50. The predicted octanol–water partition coefficient (Wildman–Crippen LogP) is 4.17. The van der Waals surface area contributed by atoms with E-state index < -0.39 is 0 Å². The zero-order chi connectivity index (χ0) is 26.2. The number of H-pyrrole nitrogens is 1. The molecule has 4 aromatic rings. The van der Waals surface area contributed by atoms with Crippen molar-refractivity contribution in [3.63, 3.8) is 0 Å². The number of rotatable bonds is 6. The van der Waals surface area contributed by atoms with E-state index in [1.54, 1.807) is 7.11 Å². The first kappa shape index (κ1) is 24.6. The number of benzene rings is 2. The molecule has 1 saturated heterocycles. The summed E-state index contributed by atoms with van der Waals surface area (Å²) in [4.78, 5) is 21.5. The van der Waals surface area contributed by atoms with Gasteiger partial charge in [0.2, 0.25) is 0 Å². The molecule has 0 radical (unpaired) electrons. The number of fused-ring (bicyclic) bond motifs is 1. The van der Waals surface area contributed by atoms with Crippen molar-refractivity contribution in [2.45, 2.75) is 51.6 Å². The molecule has 0 amide bonds. The van der Waals surface area contributed by atoms with Crippen LogP contribution < -0.4 is 15.2 Å². The summed E-state index contributed by atoms with van der Waals surface area (Å²) in [6, 6.07) is 14.2. The lowest BCUT2D eigenvalue weighted by molar-refractivity contribution is 0.196. The van der Waals surface area contributed by atoms with Crippen molar-refractivity contribution < 1.29 is 4.74 Å². The topological polar surface area (TPSA) is 92.2 Å². The third kappa shape index (κ3) is 4.45. The molecule has 38 heavy (non-hydrogen) atoms. The predicted molar refractivity (Wildman–Crippen MR) is 148 cm³/mol. The van der Waals surface area contributed by atoms with Crippen LogP contribution in [0.1, 0.15) is 60.3 Å². The van der Waals surface area contributed by atoms with Gasteiger partial charge in [-0.2, -0.15) is 0 Å². The molecule has 6 rings (SSSR count). The Kier molecular flexibility index (Phi) is 6.61. The fourth-order valence-corrected chi connectivity index (χ4v) is 6.11. The molecule has 0 bridgehead atoms. The van der Waals surface area contributed by atoms with E-state index in [1.165, 1.54) is 29.7 Å². The molecule has 0 unspecified atom stereocenters. The van der Waals surface area contributed by atoms with E-state index in [0.29, 0.717) is 11.3 Å². The number of tetrazole rings is 1. The number of methoxy groups -OCH3 is 1. The van der Waals surface area contributed by atoms with Crippen LogP contribution in [0.5, 0.6) is 5.75 Å². The van der Waals surface area contributed by atoms with Gasteiger partial charge in [-0.3, -0.25) is 9.69 Å². The molecule has 1 aliphatic heterocycles. The molecular weight excluding hydrogens is 478 g/mol. The average molecular weight is 514 g/mol. The van der Waals surface area contributed by atoms with Crippen molar-refractivity contribution in [1.29, 1.82) is 0 Å². The number of aryl methyl sites for hydroxylation is 1. The lowest BCUT2D eigenvalue weighted by Gasteiger charge is -2.40. The van der Waals surface area contributed by atoms with Crippen LogP contribution in [-0.2, 0) is 0 Å². The minimum atomic E-state index is -0.332. The minimum Gasteiger partial charge on any atom is -0.497 e. The number of nitrogens with one attached hydrogen (secondary N) is 1. The summed E-state index contributed by atoms with van der Waals surface area (Å²) in [5.74, 6) is 1.47. The molecule has 1 saturated carbocycles. The van der Waals surface area contributed by atoms with Crippen molar-refractivity contribution in [2.24, 2.45) is 0 Å². The highest BCUT2D eigenvalue weighted by Gasteiger charge is 2.35. The average Bonchev–Trinajstić information content (AvgIpc) is 3.63. The van der Waals surface area contributed by atoms with Gasteiger partial charge < -0.3 is 14.6 Å². The van der Waals surface area contributed by atoms with E-state index in [-0.39, 0.29) is 17.6 Å². The van der Waals surface area contributed by atoms with Gasteiger partial charge in [-0.15, -0.1) is 5.10 Å². The standard InChI is InChI=1S/C29H35N7O2/c1-19-7-6-10-26(20(19)2)34-13-15-35(16-14-34)27(28-31-32-33-36(28)22-8-4-5-9-22)24-17-21-11-12-23(38-3)18-25(21)30-29(24)37/h6-7,10-12,17-18,22,27H,4-5,8-9,13-16H2,1-3H3,(H,30,37)/t27-/m1/s1. The van der Waals surface area contributed by atoms with Crippen LogP contribution in [0.2, 0.25) is 0 Å². The van der Waals surface area contributed by atoms with E-state index in [2.05, 4.69) is 62.4 Å². The molecule has 3 heterocycles. The Hall–Kier alpha value is -3.72. The quantitative estimate of drug-likeness (QED) is 0.414. The zero-order valence-electron chi connectivity index (χ0n) is 22.4. The maximum absolute atomic E-state index is 13.6. The van der Waals surface area contributed by atoms with Gasteiger partial charge >= 0.3 is 0 Å². The highest BCUT2D eigenvalue weighted by molar-refractivity contribution is 5.80. The van der Waals surface area contributed by atoms with Gasteiger partial charge in [-0.1, -0.05) is 25.0 Å². The molecule has 2 aliphatic rings. The van der Waals surface area contributed by atoms with Gasteiger partial charge in [0, 0.05) is 43.5 Å². The van der Waals surface area contributed by atoms with Crippen molar-refractivity contribution >= 4 is 16.6 Å². The summed E-state index contributed by atoms with van der Waals surface area (Å²) in [6.45, 7) is 7.70. The monoisotopic (exact) mass is 513 g/mol. The Morgan fingerprint density at radius 3 is 2.58 bits per heavy atom. The van der Waals surface area contributed by atoms with Crippen LogP contribution in [0.15, 0.2) is 47.3 Å². The van der Waals surface area contributed by atoms with E-state index in [4.69, 9.17) is 4.74 Å². The Morgan fingerprint density at radius 1 is 1.03 bits per heavy atom. The molecule has 9 nitrogen and oxygen atoms in total. The number of aromatic amines is 1. The van der Waals surface area contributed by atoms with Crippen LogP contribution in [-0.4, -0.2) is 63.4 Å². The van der Waals surface area contributed by atoms with Crippen LogP contribution in [0, 0.1) is 13.8 Å². The van der Waals surface area contributed by atoms with Gasteiger partial charge in [-0.05, 0) is 77.9 Å². The first-order valence-electron chi connectivity index (χ1n) is 13.6. The largest absolute Gasteiger partial charge is 0.497 e. The van der Waals surface area contributed by atoms with Gasteiger partial charge in [0.25, 0.3) is 5.56 Å². The second-order valence-electron chi connectivity index (χ2n) is 10.6. The SMILES string of the molecule is COc1ccc2cc([C@H](c3nnnn3C3CCCC3)N3CCN(c4cccc(C)c4C)CC3)c(=O)[nH]c2c1. The Balaban J connectivity index is 1.38. The number of hydrogen-bond donors (Lipinski definition) is 1. The number of hydrogen-bond acceptors (Lipinski definition) is 7. The van der Waals surface area contributed by atoms with Crippen LogP contribution in [0.3, 0.4) is 0 Å². The Morgan fingerprint density at radius 2 is 1.82 bits per heavy atom. The second-order valence-corrected chi connectivity index (χ2v) is 10.6. The number of ether oxygens (including phenoxy) is 1. The third-order valence-electron chi connectivity index (χ3n) is 8.41. The normalized spacial score (nSPS) is 17.8. The number of anilines is 1. The smallest absolute Gasteiger partial charge is 0.253 e. The lowest BCUT2D eigenvalue weighted by Crippen LogP contribution is -2.49. The highest BCUT2D eigenvalue weighted by atomic mass is 16.5. The lowest BCUT2D eigenvalue weighted by atomic mass is 10.0. The van der Waals surface area contributed by atoms with Gasteiger partial charge in [0.15, 0.2) is 5.82 Å². The molecule has 2 aromatic carbocycles. The van der Waals surface area contributed by atoms with Gasteiger partial charge in [-0.25, -0.2) is 4.68 Å². The molecule has 2 fully saturated rings.